The van der Waals surface area contributed by atoms with Crippen LogP contribution in [0.15, 0.2) is 10.5 Å². The monoisotopic (exact) mass is 347 g/mol. The molecule has 0 saturated heterocycles. The van der Waals surface area contributed by atoms with Crippen molar-refractivity contribution in [1.29, 1.82) is 0 Å². The number of hydrogen-bond acceptors (Lipinski definition) is 8. The molecule has 0 bridgehead atoms. The Morgan fingerprint density at radius 3 is 2.04 bits per heavy atom. The minimum absolute atomic E-state index is 0.0273. The van der Waals surface area contributed by atoms with Crippen LogP contribution in [0.4, 0.5) is 11.8 Å². The number of nitrogens with one attached hydrogen (secondary N) is 1. The van der Waals surface area contributed by atoms with Crippen molar-refractivity contribution < 1.29 is 23.5 Å². The zero-order chi connectivity index (χ0) is 18.6. The molecule has 0 amide bonds. The van der Waals surface area contributed by atoms with Crippen LogP contribution in [0.3, 0.4) is 0 Å². The fraction of sp³-hybridized carbons (Fsp3) is 0.412. The fourth-order valence-corrected chi connectivity index (χ4v) is 2.36. The average Bonchev–Trinajstić information content (AvgIpc) is 2.82. The lowest BCUT2D eigenvalue weighted by Crippen LogP contribution is -2.14. The molecule has 25 heavy (non-hydrogen) atoms. The molecule has 8 heteroatoms. The van der Waals surface area contributed by atoms with E-state index in [0.717, 1.165) is 11.4 Å². The fourth-order valence-electron chi connectivity index (χ4n) is 2.36. The van der Waals surface area contributed by atoms with Crippen molar-refractivity contribution in [3.63, 3.8) is 0 Å². The van der Waals surface area contributed by atoms with E-state index in [9.17, 15) is 9.59 Å². The zero-order valence-electron chi connectivity index (χ0n) is 14.9. The molecular formula is C17H21N3O5. The summed E-state index contributed by atoms with van der Waals surface area (Å²) in [5, 5.41) is 2.85. The van der Waals surface area contributed by atoms with E-state index in [2.05, 4.69) is 15.3 Å². The Balaban J connectivity index is 2.51. The summed E-state index contributed by atoms with van der Waals surface area (Å²) in [6.45, 7) is 8.91. The zero-order valence-corrected chi connectivity index (χ0v) is 14.9. The molecule has 134 valence electrons. The molecule has 0 unspecified atom stereocenters. The van der Waals surface area contributed by atoms with Crippen LogP contribution in [0.5, 0.6) is 0 Å². The van der Waals surface area contributed by atoms with E-state index in [4.69, 9.17) is 13.9 Å². The molecule has 2 aromatic heterocycles. The van der Waals surface area contributed by atoms with Gasteiger partial charge in [0.05, 0.1) is 13.2 Å². The molecule has 0 radical (unpaired) electrons. The van der Waals surface area contributed by atoms with Crippen molar-refractivity contribution in [2.24, 2.45) is 0 Å². The van der Waals surface area contributed by atoms with Crippen LogP contribution in [0.25, 0.3) is 0 Å². The van der Waals surface area contributed by atoms with Crippen molar-refractivity contribution in [2.45, 2.75) is 34.6 Å². The lowest BCUT2D eigenvalue weighted by Gasteiger charge is -2.07. The largest absolute Gasteiger partial charge is 0.462 e. The Bertz CT molecular complexity index is 778. The third kappa shape index (κ3) is 4.14. The Morgan fingerprint density at radius 2 is 1.52 bits per heavy atom. The first-order valence-electron chi connectivity index (χ1n) is 7.94. The first-order chi connectivity index (χ1) is 11.9. The quantitative estimate of drug-likeness (QED) is 0.795. The summed E-state index contributed by atoms with van der Waals surface area (Å²) in [5.41, 5.74) is 1.51. The molecule has 0 aliphatic heterocycles. The van der Waals surface area contributed by atoms with Gasteiger partial charge in [-0.1, -0.05) is 0 Å². The van der Waals surface area contributed by atoms with Crippen LogP contribution in [0, 0.1) is 20.8 Å². The lowest BCUT2D eigenvalue weighted by atomic mass is 10.1. The van der Waals surface area contributed by atoms with Gasteiger partial charge in [0.25, 0.3) is 0 Å². The van der Waals surface area contributed by atoms with Gasteiger partial charge in [0, 0.05) is 11.4 Å². The maximum Gasteiger partial charge on any atom is 0.344 e. The molecule has 0 aliphatic rings. The number of rotatable bonds is 6. The number of nitrogens with zero attached hydrogens (tertiary/aromatic N) is 2. The molecule has 0 aromatic carbocycles. The summed E-state index contributed by atoms with van der Waals surface area (Å²) >= 11 is 0. The van der Waals surface area contributed by atoms with Gasteiger partial charge in [-0.25, -0.2) is 19.6 Å². The van der Waals surface area contributed by atoms with Gasteiger partial charge in [0.15, 0.2) is 0 Å². The van der Waals surface area contributed by atoms with Gasteiger partial charge in [-0.15, -0.1) is 0 Å². The highest BCUT2D eigenvalue weighted by atomic mass is 16.5. The Labute approximate surface area is 145 Å². The number of carbonyl (C=O) groups excluding carboxylic acids is 2. The molecule has 2 heterocycles. The number of anilines is 2. The summed E-state index contributed by atoms with van der Waals surface area (Å²) in [6.07, 6.45) is 0. The van der Waals surface area contributed by atoms with Crippen LogP contribution in [-0.2, 0) is 9.47 Å². The van der Waals surface area contributed by atoms with E-state index in [1.807, 2.05) is 19.9 Å². The topological polar surface area (TPSA) is 104 Å². The maximum absolute atomic E-state index is 12.4. The molecule has 0 spiro atoms. The molecular weight excluding hydrogens is 326 g/mol. The van der Waals surface area contributed by atoms with Crippen LogP contribution in [-0.4, -0.2) is 35.1 Å². The van der Waals surface area contributed by atoms with E-state index in [0.29, 0.717) is 0 Å². The summed E-state index contributed by atoms with van der Waals surface area (Å²) in [5.74, 6) is -0.792. The molecule has 0 aliphatic carbocycles. The highest BCUT2D eigenvalue weighted by Gasteiger charge is 2.31. The van der Waals surface area contributed by atoms with E-state index < -0.39 is 11.9 Å². The normalized spacial score (nSPS) is 10.4. The van der Waals surface area contributed by atoms with Gasteiger partial charge in [0.1, 0.15) is 16.9 Å². The first kappa shape index (κ1) is 18.4. The number of esters is 2. The van der Waals surface area contributed by atoms with Crippen LogP contribution in [0.1, 0.15) is 51.7 Å². The number of aryl methyl sites for hydroxylation is 3. The van der Waals surface area contributed by atoms with Crippen molar-refractivity contribution in [2.75, 3.05) is 18.5 Å². The van der Waals surface area contributed by atoms with Gasteiger partial charge in [-0.05, 0) is 40.7 Å². The molecule has 8 nitrogen and oxygen atoms in total. The average molecular weight is 347 g/mol. The van der Waals surface area contributed by atoms with Gasteiger partial charge in [-0.2, -0.15) is 0 Å². The minimum Gasteiger partial charge on any atom is -0.462 e. The highest BCUT2D eigenvalue weighted by molar-refractivity contribution is 6.07. The molecule has 1 N–H and O–H groups in total. The van der Waals surface area contributed by atoms with Crippen LogP contribution in [0.2, 0.25) is 0 Å². The second-order valence-corrected chi connectivity index (χ2v) is 5.28. The predicted octanol–water partition coefficient (Wildman–Crippen LogP) is 3.09. The smallest absolute Gasteiger partial charge is 0.344 e. The Morgan fingerprint density at radius 1 is 1.00 bits per heavy atom. The highest BCUT2D eigenvalue weighted by Crippen LogP contribution is 2.30. The molecule has 2 aromatic rings. The van der Waals surface area contributed by atoms with Crippen LogP contribution < -0.4 is 5.32 Å². The summed E-state index contributed by atoms with van der Waals surface area (Å²) in [6, 6.07) is 1.81. The third-order valence-electron chi connectivity index (χ3n) is 3.25. The van der Waals surface area contributed by atoms with E-state index in [1.54, 1.807) is 20.8 Å². The van der Waals surface area contributed by atoms with E-state index in [-0.39, 0.29) is 41.9 Å². The van der Waals surface area contributed by atoms with Crippen molar-refractivity contribution in [1.82, 2.24) is 9.97 Å². The number of furan rings is 1. The third-order valence-corrected chi connectivity index (χ3v) is 3.25. The number of carbonyl (C=O) groups is 2. The lowest BCUT2D eigenvalue weighted by molar-refractivity contribution is 0.0480. The SMILES string of the molecule is CCOC(=O)c1c(C)oc(Nc2nc(C)cc(C)n2)c1C(=O)OCC. The second-order valence-electron chi connectivity index (χ2n) is 5.28. The van der Waals surface area contributed by atoms with Gasteiger partial charge in [-0.3, -0.25) is 5.32 Å². The van der Waals surface area contributed by atoms with Crippen molar-refractivity contribution >= 4 is 23.8 Å². The summed E-state index contributed by atoms with van der Waals surface area (Å²) < 4.78 is 15.6. The van der Waals surface area contributed by atoms with Crippen molar-refractivity contribution in [3.05, 3.63) is 34.3 Å². The number of aromatic nitrogens is 2. The standard InChI is InChI=1S/C17H21N3O5/c1-6-23-15(21)12-11(5)25-14(13(12)16(22)24-7-2)20-17-18-9(3)8-10(4)19-17/h8H,6-7H2,1-5H3,(H,18,19,20). The summed E-state index contributed by atoms with van der Waals surface area (Å²) in [4.78, 5) is 33.1. The van der Waals surface area contributed by atoms with Crippen molar-refractivity contribution in [3.8, 4) is 0 Å². The van der Waals surface area contributed by atoms with Crippen LogP contribution >= 0.6 is 0 Å². The first-order valence-corrected chi connectivity index (χ1v) is 7.94. The van der Waals surface area contributed by atoms with Gasteiger partial charge >= 0.3 is 11.9 Å². The second kappa shape index (κ2) is 7.78. The van der Waals surface area contributed by atoms with Gasteiger partial charge < -0.3 is 13.9 Å². The Kier molecular flexibility index (Phi) is 5.74. The van der Waals surface area contributed by atoms with E-state index in [1.165, 1.54) is 0 Å². The maximum atomic E-state index is 12.4. The summed E-state index contributed by atoms with van der Waals surface area (Å²) in [7, 11) is 0. The molecule has 0 saturated carbocycles. The van der Waals surface area contributed by atoms with E-state index >= 15 is 0 Å². The minimum atomic E-state index is -0.686. The molecule has 0 fully saturated rings. The Hall–Kier alpha value is -2.90. The van der Waals surface area contributed by atoms with Gasteiger partial charge in [0.2, 0.25) is 11.8 Å². The molecule has 0 atom stereocenters. The molecule has 2 rings (SSSR count). The predicted molar refractivity (Wildman–Crippen MR) is 90.1 cm³/mol. The number of ether oxygens (including phenoxy) is 2. The number of hydrogen-bond donors (Lipinski definition) is 1.